The third kappa shape index (κ3) is 4.87. The molecular weight excluding hydrogens is 352 g/mol. The molecule has 1 atom stereocenters. The lowest BCUT2D eigenvalue weighted by atomic mass is 10.2. The van der Waals surface area contributed by atoms with Crippen molar-refractivity contribution >= 4 is 17.9 Å². The zero-order chi connectivity index (χ0) is 19.2. The van der Waals surface area contributed by atoms with Gasteiger partial charge in [0, 0.05) is 6.04 Å². The minimum atomic E-state index is -1.11. The van der Waals surface area contributed by atoms with Crippen LogP contribution in [0.2, 0.25) is 0 Å². The Morgan fingerprint density at radius 3 is 2.52 bits per heavy atom. The number of carbonyl (C=O) groups excluding carboxylic acids is 3. The van der Waals surface area contributed by atoms with Crippen molar-refractivity contribution in [1.82, 2.24) is 30.8 Å². The van der Waals surface area contributed by atoms with E-state index in [1.807, 2.05) is 0 Å². The fourth-order valence-electron chi connectivity index (χ4n) is 2.82. The molecule has 1 fully saturated rings. The highest BCUT2D eigenvalue weighted by Crippen LogP contribution is 2.17. The largest absolute Gasteiger partial charge is 0.449 e. The van der Waals surface area contributed by atoms with Crippen LogP contribution in [0.25, 0.3) is 5.69 Å². The van der Waals surface area contributed by atoms with Crippen LogP contribution in [0.15, 0.2) is 30.6 Å². The molecule has 2 aromatic rings. The zero-order valence-corrected chi connectivity index (χ0v) is 14.8. The second-order valence-electron chi connectivity index (χ2n) is 6.29. The summed E-state index contributed by atoms with van der Waals surface area (Å²) in [4.78, 5) is 36.0. The quantitative estimate of drug-likeness (QED) is 0.749. The lowest BCUT2D eigenvalue weighted by Crippen LogP contribution is -2.47. The van der Waals surface area contributed by atoms with Gasteiger partial charge in [0.25, 0.3) is 5.91 Å². The van der Waals surface area contributed by atoms with Crippen molar-refractivity contribution < 1.29 is 19.1 Å². The van der Waals surface area contributed by atoms with Crippen molar-refractivity contribution in [3.05, 3.63) is 36.2 Å². The third-order valence-corrected chi connectivity index (χ3v) is 4.30. The Bertz CT molecular complexity index is 799. The molecular formula is C17H20N6O4. The van der Waals surface area contributed by atoms with Gasteiger partial charge in [-0.3, -0.25) is 10.1 Å². The maximum absolute atomic E-state index is 12.2. The molecule has 10 heteroatoms. The number of esters is 1. The zero-order valence-electron chi connectivity index (χ0n) is 14.8. The van der Waals surface area contributed by atoms with E-state index in [1.54, 1.807) is 12.1 Å². The first-order valence-electron chi connectivity index (χ1n) is 8.68. The molecule has 0 unspecified atom stereocenters. The van der Waals surface area contributed by atoms with Gasteiger partial charge in [-0.05, 0) is 54.5 Å². The summed E-state index contributed by atoms with van der Waals surface area (Å²) in [5.74, 6) is -1.35. The van der Waals surface area contributed by atoms with E-state index < -0.39 is 24.0 Å². The van der Waals surface area contributed by atoms with Crippen LogP contribution in [0.1, 0.15) is 43.0 Å². The SMILES string of the molecule is C[C@@H](OC(=O)c1ccc(-n2cnnn2)cc1)C(=O)NC(=O)NC1CCCC1. The normalized spacial score (nSPS) is 15.1. The van der Waals surface area contributed by atoms with Crippen molar-refractivity contribution in [2.75, 3.05) is 0 Å². The summed E-state index contributed by atoms with van der Waals surface area (Å²) in [6.07, 6.45) is 4.28. The Morgan fingerprint density at radius 2 is 1.89 bits per heavy atom. The van der Waals surface area contributed by atoms with Crippen LogP contribution in [0.5, 0.6) is 0 Å². The van der Waals surface area contributed by atoms with Crippen LogP contribution >= 0.6 is 0 Å². The smallest absolute Gasteiger partial charge is 0.338 e. The number of urea groups is 1. The van der Waals surface area contributed by atoms with Crippen LogP contribution in [-0.2, 0) is 9.53 Å². The average Bonchev–Trinajstić information content (AvgIpc) is 3.35. The number of amides is 3. The van der Waals surface area contributed by atoms with Crippen molar-refractivity contribution in [2.24, 2.45) is 0 Å². The predicted octanol–water partition coefficient (Wildman–Crippen LogP) is 0.976. The lowest BCUT2D eigenvalue weighted by molar-refractivity contribution is -0.127. The average molecular weight is 372 g/mol. The molecule has 10 nitrogen and oxygen atoms in total. The number of carbonyl (C=O) groups is 3. The molecule has 2 N–H and O–H groups in total. The summed E-state index contributed by atoms with van der Waals surface area (Å²) >= 11 is 0. The van der Waals surface area contributed by atoms with E-state index in [2.05, 4.69) is 26.2 Å². The highest BCUT2D eigenvalue weighted by molar-refractivity contribution is 5.98. The number of rotatable bonds is 5. The molecule has 0 saturated heterocycles. The number of tetrazole rings is 1. The molecule has 1 aliphatic carbocycles. The highest BCUT2D eigenvalue weighted by Gasteiger charge is 2.23. The number of hydrogen-bond acceptors (Lipinski definition) is 7. The van der Waals surface area contributed by atoms with E-state index in [4.69, 9.17) is 4.74 Å². The van der Waals surface area contributed by atoms with Crippen molar-refractivity contribution in [2.45, 2.75) is 44.8 Å². The Balaban J connectivity index is 1.50. The van der Waals surface area contributed by atoms with Gasteiger partial charge in [-0.2, -0.15) is 0 Å². The van der Waals surface area contributed by atoms with Crippen LogP contribution in [0.3, 0.4) is 0 Å². The van der Waals surface area contributed by atoms with Gasteiger partial charge in [-0.25, -0.2) is 14.3 Å². The maximum Gasteiger partial charge on any atom is 0.338 e. The minimum absolute atomic E-state index is 0.0920. The monoisotopic (exact) mass is 372 g/mol. The van der Waals surface area contributed by atoms with Gasteiger partial charge >= 0.3 is 12.0 Å². The Kier molecular flexibility index (Phi) is 5.74. The summed E-state index contributed by atoms with van der Waals surface area (Å²) in [6.45, 7) is 1.41. The molecule has 0 bridgehead atoms. The molecule has 1 aromatic heterocycles. The standard InChI is InChI=1S/C17H20N6O4/c1-11(15(24)20-17(26)19-13-4-2-3-5-13)27-16(25)12-6-8-14(9-7-12)23-10-18-21-22-23/h6-11,13H,2-5H2,1H3,(H2,19,20,24,26)/t11-/m1/s1. The number of benzene rings is 1. The Morgan fingerprint density at radius 1 is 1.19 bits per heavy atom. The minimum Gasteiger partial charge on any atom is -0.449 e. The number of nitrogens with one attached hydrogen (secondary N) is 2. The predicted molar refractivity (Wildman–Crippen MR) is 93.0 cm³/mol. The molecule has 27 heavy (non-hydrogen) atoms. The Labute approximate surface area is 155 Å². The summed E-state index contributed by atoms with van der Waals surface area (Å²) < 4.78 is 6.56. The topological polar surface area (TPSA) is 128 Å². The van der Waals surface area contributed by atoms with Gasteiger partial charge in [0.1, 0.15) is 6.33 Å². The number of ether oxygens (including phenoxy) is 1. The number of hydrogen-bond donors (Lipinski definition) is 2. The molecule has 0 spiro atoms. The fourth-order valence-corrected chi connectivity index (χ4v) is 2.82. The van der Waals surface area contributed by atoms with Gasteiger partial charge in [-0.15, -0.1) is 5.10 Å². The first-order chi connectivity index (χ1) is 13.0. The van der Waals surface area contributed by atoms with E-state index in [0.717, 1.165) is 25.7 Å². The first-order valence-corrected chi connectivity index (χ1v) is 8.68. The van der Waals surface area contributed by atoms with Gasteiger partial charge in [-0.1, -0.05) is 12.8 Å². The van der Waals surface area contributed by atoms with Gasteiger partial charge in [0.2, 0.25) is 0 Å². The van der Waals surface area contributed by atoms with Gasteiger partial charge in [0.05, 0.1) is 11.3 Å². The van der Waals surface area contributed by atoms with E-state index in [0.29, 0.717) is 5.69 Å². The molecule has 1 heterocycles. The lowest BCUT2D eigenvalue weighted by Gasteiger charge is -2.15. The highest BCUT2D eigenvalue weighted by atomic mass is 16.5. The van der Waals surface area contributed by atoms with Gasteiger partial charge < -0.3 is 10.1 Å². The molecule has 1 aromatic carbocycles. The van der Waals surface area contributed by atoms with Crippen LogP contribution < -0.4 is 10.6 Å². The van der Waals surface area contributed by atoms with E-state index in [9.17, 15) is 14.4 Å². The second-order valence-corrected chi connectivity index (χ2v) is 6.29. The summed E-state index contributed by atoms with van der Waals surface area (Å²) in [7, 11) is 0. The van der Waals surface area contributed by atoms with Gasteiger partial charge in [0.15, 0.2) is 6.10 Å². The molecule has 3 rings (SSSR count). The van der Waals surface area contributed by atoms with Crippen LogP contribution in [0.4, 0.5) is 4.79 Å². The number of imide groups is 1. The van der Waals surface area contributed by atoms with E-state index in [-0.39, 0.29) is 11.6 Å². The number of nitrogens with zero attached hydrogens (tertiary/aromatic N) is 4. The molecule has 142 valence electrons. The van der Waals surface area contributed by atoms with Crippen LogP contribution in [-0.4, -0.2) is 50.3 Å². The Hall–Kier alpha value is -3.30. The summed E-state index contributed by atoms with van der Waals surface area (Å²) in [6, 6.07) is 5.89. The van der Waals surface area contributed by atoms with Crippen molar-refractivity contribution in [3.63, 3.8) is 0 Å². The summed E-state index contributed by atoms with van der Waals surface area (Å²) in [5, 5.41) is 15.8. The van der Waals surface area contributed by atoms with Crippen molar-refractivity contribution in [1.29, 1.82) is 0 Å². The molecule has 0 radical (unpaired) electrons. The molecule has 3 amide bonds. The van der Waals surface area contributed by atoms with E-state index in [1.165, 1.54) is 30.1 Å². The number of aromatic nitrogens is 4. The fraction of sp³-hybridized carbons (Fsp3) is 0.412. The maximum atomic E-state index is 12.2. The second kappa shape index (κ2) is 8.39. The first kappa shape index (κ1) is 18.5. The van der Waals surface area contributed by atoms with Crippen LogP contribution in [0, 0.1) is 0 Å². The third-order valence-electron chi connectivity index (χ3n) is 4.30. The molecule has 0 aliphatic heterocycles. The van der Waals surface area contributed by atoms with E-state index >= 15 is 0 Å². The summed E-state index contributed by atoms with van der Waals surface area (Å²) in [5.41, 5.74) is 0.938. The van der Waals surface area contributed by atoms with Crippen molar-refractivity contribution in [3.8, 4) is 5.69 Å². The molecule has 1 aliphatic rings. The molecule has 1 saturated carbocycles.